The van der Waals surface area contributed by atoms with Gasteiger partial charge in [-0.1, -0.05) is 6.08 Å². The van der Waals surface area contributed by atoms with Gasteiger partial charge in [0.2, 0.25) is 0 Å². The number of hydrogen-bond acceptors (Lipinski definition) is 4. The van der Waals surface area contributed by atoms with Crippen molar-refractivity contribution in [2.24, 2.45) is 5.10 Å². The van der Waals surface area contributed by atoms with Crippen LogP contribution in [0.5, 0.6) is 0 Å². The van der Waals surface area contributed by atoms with Crippen molar-refractivity contribution in [3.05, 3.63) is 46.5 Å². The van der Waals surface area contributed by atoms with Crippen LogP contribution in [0.2, 0.25) is 0 Å². The number of allylic oxidation sites excluding steroid dienone is 2. The Bertz CT molecular complexity index is 463. The summed E-state index contributed by atoms with van der Waals surface area (Å²) in [6.07, 6.45) is 7.30. The van der Waals surface area contributed by atoms with Gasteiger partial charge in [-0.3, -0.25) is 15.5 Å². The van der Waals surface area contributed by atoms with Gasteiger partial charge in [-0.2, -0.15) is 5.10 Å². The van der Waals surface area contributed by atoms with Crippen LogP contribution in [0.25, 0.3) is 0 Å². The molecule has 5 heteroatoms. The molecule has 1 aliphatic carbocycles. The standard InChI is InChI=1S/C12H13N3O2/c16-15(17)12-8-6-11(7-9-12)14-13-10-4-2-1-3-5-10/h2,4,6-9,14H,1,3,5H2/b13-10+. The number of nitrogens with zero attached hydrogens (tertiary/aromatic N) is 2. The lowest BCUT2D eigenvalue weighted by Crippen LogP contribution is -2.02. The minimum absolute atomic E-state index is 0.0840. The molecule has 0 atom stereocenters. The Balaban J connectivity index is 2.01. The summed E-state index contributed by atoms with van der Waals surface area (Å²) in [5.74, 6) is 0. The van der Waals surface area contributed by atoms with Crippen LogP contribution in [0.4, 0.5) is 11.4 Å². The average molecular weight is 231 g/mol. The zero-order valence-electron chi connectivity index (χ0n) is 9.30. The van der Waals surface area contributed by atoms with Gasteiger partial charge in [0.25, 0.3) is 5.69 Å². The topological polar surface area (TPSA) is 67.5 Å². The van der Waals surface area contributed by atoms with E-state index in [-0.39, 0.29) is 5.69 Å². The van der Waals surface area contributed by atoms with Crippen molar-refractivity contribution >= 4 is 17.1 Å². The van der Waals surface area contributed by atoms with Crippen LogP contribution in [0.15, 0.2) is 41.5 Å². The van der Waals surface area contributed by atoms with E-state index in [2.05, 4.69) is 16.6 Å². The molecule has 0 aliphatic heterocycles. The van der Waals surface area contributed by atoms with E-state index in [0.717, 1.165) is 30.7 Å². The van der Waals surface area contributed by atoms with E-state index in [9.17, 15) is 10.1 Å². The first kappa shape index (κ1) is 11.3. The summed E-state index contributed by atoms with van der Waals surface area (Å²) in [6.45, 7) is 0. The van der Waals surface area contributed by atoms with Crippen LogP contribution in [0.1, 0.15) is 19.3 Å². The molecule has 0 radical (unpaired) electrons. The van der Waals surface area contributed by atoms with Crippen LogP contribution in [-0.4, -0.2) is 10.6 Å². The van der Waals surface area contributed by atoms with Gasteiger partial charge in [-0.05, 0) is 37.5 Å². The van der Waals surface area contributed by atoms with Crippen LogP contribution in [-0.2, 0) is 0 Å². The predicted molar refractivity (Wildman–Crippen MR) is 67.1 cm³/mol. The van der Waals surface area contributed by atoms with Gasteiger partial charge in [-0.15, -0.1) is 0 Å². The van der Waals surface area contributed by atoms with Crippen molar-refractivity contribution in [2.75, 3.05) is 5.43 Å². The van der Waals surface area contributed by atoms with Crippen LogP contribution in [0.3, 0.4) is 0 Å². The molecule has 88 valence electrons. The number of hydrazone groups is 1. The first-order valence-corrected chi connectivity index (χ1v) is 5.49. The Labute approximate surface area is 99.0 Å². The molecule has 1 aromatic carbocycles. The molecular weight excluding hydrogens is 218 g/mol. The number of non-ortho nitro benzene ring substituents is 1. The third kappa shape index (κ3) is 3.14. The number of nitro groups is 1. The average Bonchev–Trinajstić information content (AvgIpc) is 2.38. The molecular formula is C12H13N3O2. The number of nitrogens with one attached hydrogen (secondary N) is 1. The normalized spacial score (nSPS) is 17.1. The van der Waals surface area contributed by atoms with Crippen molar-refractivity contribution in [3.63, 3.8) is 0 Å². The molecule has 5 nitrogen and oxygen atoms in total. The summed E-state index contributed by atoms with van der Waals surface area (Å²) in [5, 5.41) is 14.7. The van der Waals surface area contributed by atoms with Gasteiger partial charge in [0.05, 0.1) is 16.3 Å². The monoisotopic (exact) mass is 231 g/mol. The van der Waals surface area contributed by atoms with Crippen molar-refractivity contribution < 1.29 is 4.92 Å². The minimum atomic E-state index is -0.417. The fourth-order valence-electron chi connectivity index (χ4n) is 1.59. The Morgan fingerprint density at radius 1 is 1.29 bits per heavy atom. The van der Waals surface area contributed by atoms with E-state index in [4.69, 9.17) is 0 Å². The zero-order chi connectivity index (χ0) is 12.1. The van der Waals surface area contributed by atoms with Crippen LogP contribution in [0, 0.1) is 10.1 Å². The van der Waals surface area contributed by atoms with Gasteiger partial charge in [0.1, 0.15) is 0 Å². The van der Waals surface area contributed by atoms with E-state index < -0.39 is 4.92 Å². The summed E-state index contributed by atoms with van der Waals surface area (Å²) in [7, 11) is 0. The third-order valence-corrected chi connectivity index (χ3v) is 2.52. The molecule has 0 saturated heterocycles. The summed E-state index contributed by atoms with van der Waals surface area (Å²) in [4.78, 5) is 10.0. The van der Waals surface area contributed by atoms with E-state index >= 15 is 0 Å². The molecule has 0 spiro atoms. The first-order chi connectivity index (χ1) is 8.25. The highest BCUT2D eigenvalue weighted by molar-refractivity contribution is 5.95. The van der Waals surface area contributed by atoms with Gasteiger partial charge >= 0.3 is 0 Å². The Morgan fingerprint density at radius 2 is 2.06 bits per heavy atom. The Kier molecular flexibility index (Phi) is 3.49. The van der Waals surface area contributed by atoms with Crippen molar-refractivity contribution in [2.45, 2.75) is 19.3 Å². The highest BCUT2D eigenvalue weighted by Gasteiger charge is 2.04. The lowest BCUT2D eigenvalue weighted by Gasteiger charge is -2.06. The number of benzene rings is 1. The molecule has 0 bridgehead atoms. The van der Waals surface area contributed by atoms with Gasteiger partial charge in [0.15, 0.2) is 0 Å². The molecule has 0 unspecified atom stereocenters. The van der Waals surface area contributed by atoms with E-state index in [1.165, 1.54) is 12.1 Å². The molecule has 17 heavy (non-hydrogen) atoms. The quantitative estimate of drug-likeness (QED) is 0.642. The molecule has 1 N–H and O–H groups in total. The maximum atomic E-state index is 10.5. The van der Waals surface area contributed by atoms with Crippen molar-refractivity contribution in [1.82, 2.24) is 0 Å². The molecule has 0 saturated carbocycles. The Hall–Kier alpha value is -2.17. The summed E-state index contributed by atoms with van der Waals surface area (Å²) in [5.41, 5.74) is 4.74. The second kappa shape index (κ2) is 5.25. The van der Waals surface area contributed by atoms with E-state index in [0.29, 0.717) is 0 Å². The minimum Gasteiger partial charge on any atom is -0.278 e. The lowest BCUT2D eigenvalue weighted by molar-refractivity contribution is -0.384. The summed E-state index contributed by atoms with van der Waals surface area (Å²) < 4.78 is 0. The molecule has 0 aromatic heterocycles. The maximum Gasteiger partial charge on any atom is 0.269 e. The van der Waals surface area contributed by atoms with Gasteiger partial charge in [0, 0.05) is 12.1 Å². The lowest BCUT2D eigenvalue weighted by atomic mass is 10.1. The molecule has 0 fully saturated rings. The number of nitro benzene ring substituents is 1. The highest BCUT2D eigenvalue weighted by Crippen LogP contribution is 2.16. The third-order valence-electron chi connectivity index (χ3n) is 2.52. The van der Waals surface area contributed by atoms with E-state index in [1.807, 2.05) is 6.08 Å². The Morgan fingerprint density at radius 3 is 2.65 bits per heavy atom. The van der Waals surface area contributed by atoms with E-state index in [1.54, 1.807) is 12.1 Å². The molecule has 1 aromatic rings. The predicted octanol–water partition coefficient (Wildman–Crippen LogP) is 3.10. The second-order valence-electron chi connectivity index (χ2n) is 3.81. The fraction of sp³-hybridized carbons (Fsp3) is 0.250. The smallest absolute Gasteiger partial charge is 0.269 e. The number of rotatable bonds is 3. The SMILES string of the molecule is O=[N+]([O-])c1ccc(N/N=C2\C=CCCC2)cc1. The summed E-state index contributed by atoms with van der Waals surface area (Å²) in [6, 6.07) is 6.21. The van der Waals surface area contributed by atoms with Crippen molar-refractivity contribution in [3.8, 4) is 0 Å². The van der Waals surface area contributed by atoms with Crippen LogP contribution >= 0.6 is 0 Å². The molecule has 1 aliphatic rings. The zero-order valence-corrected chi connectivity index (χ0v) is 9.30. The largest absolute Gasteiger partial charge is 0.278 e. The molecule has 2 rings (SSSR count). The fourth-order valence-corrected chi connectivity index (χ4v) is 1.59. The number of anilines is 1. The summed E-state index contributed by atoms with van der Waals surface area (Å²) >= 11 is 0. The first-order valence-electron chi connectivity index (χ1n) is 5.49. The number of hydrogen-bond donors (Lipinski definition) is 1. The van der Waals surface area contributed by atoms with Gasteiger partial charge in [-0.25, -0.2) is 0 Å². The van der Waals surface area contributed by atoms with Crippen LogP contribution < -0.4 is 5.43 Å². The van der Waals surface area contributed by atoms with Crippen molar-refractivity contribution in [1.29, 1.82) is 0 Å². The second-order valence-corrected chi connectivity index (χ2v) is 3.81. The molecule has 0 amide bonds. The van der Waals surface area contributed by atoms with Gasteiger partial charge < -0.3 is 0 Å². The molecule has 0 heterocycles. The maximum absolute atomic E-state index is 10.5. The highest BCUT2D eigenvalue weighted by atomic mass is 16.6.